The molecule has 0 unspecified atom stereocenters. The Morgan fingerprint density at radius 2 is 2.25 bits per heavy atom. The van der Waals surface area contributed by atoms with Gasteiger partial charge in [0.1, 0.15) is 6.54 Å². The summed E-state index contributed by atoms with van der Waals surface area (Å²) in [6.07, 6.45) is 6.36. The Bertz CT molecular complexity index is 382. The number of nitrogens with zero attached hydrogens (tertiary/aromatic N) is 2. The molecule has 1 aliphatic carbocycles. The minimum Gasteiger partial charge on any atom is -0.352 e. The number of amides is 1. The van der Waals surface area contributed by atoms with Crippen LogP contribution in [0.5, 0.6) is 0 Å². The molecular weight excluding hydrogens is 202 g/mol. The van der Waals surface area contributed by atoms with E-state index in [1.807, 2.05) is 18.4 Å². The number of rotatable bonds is 3. The van der Waals surface area contributed by atoms with Crippen molar-refractivity contribution in [3.63, 3.8) is 0 Å². The van der Waals surface area contributed by atoms with E-state index in [0.717, 1.165) is 12.8 Å². The van der Waals surface area contributed by atoms with Gasteiger partial charge in [-0.15, -0.1) is 0 Å². The predicted octanol–water partition coefficient (Wildman–Crippen LogP) is 1.29. The molecule has 0 bridgehead atoms. The molecule has 0 saturated carbocycles. The Hall–Kier alpha value is -1.32. The van der Waals surface area contributed by atoms with E-state index >= 15 is 0 Å². The zero-order chi connectivity index (χ0) is 11.5. The fraction of sp³-hybridized carbons (Fsp3) is 0.667. The monoisotopic (exact) mass is 221 g/mol. The van der Waals surface area contributed by atoms with Crippen molar-refractivity contribution in [2.75, 3.05) is 0 Å². The number of hydrogen-bond donors (Lipinski definition) is 1. The summed E-state index contributed by atoms with van der Waals surface area (Å²) >= 11 is 0. The van der Waals surface area contributed by atoms with Crippen molar-refractivity contribution in [1.29, 1.82) is 0 Å². The number of hydrogen-bond acceptors (Lipinski definition) is 2. The van der Waals surface area contributed by atoms with Gasteiger partial charge in [0.25, 0.3) is 0 Å². The Labute approximate surface area is 96.1 Å². The Morgan fingerprint density at radius 1 is 1.50 bits per heavy atom. The minimum absolute atomic E-state index is 0.0702. The molecule has 4 nitrogen and oxygen atoms in total. The Balaban J connectivity index is 2.04. The first-order valence-electron chi connectivity index (χ1n) is 5.99. The average Bonchev–Trinajstić information content (AvgIpc) is 2.61. The maximum Gasteiger partial charge on any atom is 0.240 e. The fourth-order valence-electron chi connectivity index (χ4n) is 2.19. The van der Waals surface area contributed by atoms with Crippen molar-refractivity contribution in [3.8, 4) is 0 Å². The number of nitrogens with one attached hydrogen (secondary N) is 1. The van der Waals surface area contributed by atoms with E-state index in [4.69, 9.17) is 0 Å². The van der Waals surface area contributed by atoms with Crippen molar-refractivity contribution in [2.24, 2.45) is 0 Å². The van der Waals surface area contributed by atoms with Crippen molar-refractivity contribution >= 4 is 5.91 Å². The highest BCUT2D eigenvalue weighted by molar-refractivity contribution is 5.76. The van der Waals surface area contributed by atoms with Crippen LogP contribution in [0.25, 0.3) is 0 Å². The second-order valence-electron chi connectivity index (χ2n) is 4.70. The van der Waals surface area contributed by atoms with Crippen LogP contribution >= 0.6 is 0 Å². The molecule has 0 fully saturated rings. The highest BCUT2D eigenvalue weighted by Crippen LogP contribution is 2.19. The van der Waals surface area contributed by atoms with Gasteiger partial charge < -0.3 is 9.88 Å². The van der Waals surface area contributed by atoms with Crippen LogP contribution in [0.4, 0.5) is 0 Å². The van der Waals surface area contributed by atoms with Gasteiger partial charge in [0.15, 0.2) is 0 Å². The maximum absolute atomic E-state index is 11.6. The SMILES string of the molecule is CC(C)NC(=O)Cn1cnc2c1CCCC2. The molecule has 1 aromatic heterocycles. The summed E-state index contributed by atoms with van der Waals surface area (Å²) in [6.45, 7) is 4.35. The summed E-state index contributed by atoms with van der Waals surface area (Å²) in [5.41, 5.74) is 2.44. The Kier molecular flexibility index (Phi) is 3.27. The number of imidazole rings is 1. The van der Waals surface area contributed by atoms with E-state index in [0.29, 0.717) is 6.54 Å². The minimum atomic E-state index is 0.0702. The summed E-state index contributed by atoms with van der Waals surface area (Å²) in [4.78, 5) is 16.0. The van der Waals surface area contributed by atoms with Crippen LogP contribution in [0.15, 0.2) is 6.33 Å². The summed E-state index contributed by atoms with van der Waals surface area (Å²) < 4.78 is 1.99. The predicted molar refractivity (Wildman–Crippen MR) is 62.1 cm³/mol. The van der Waals surface area contributed by atoms with E-state index in [1.54, 1.807) is 6.33 Å². The summed E-state index contributed by atoms with van der Waals surface area (Å²) in [7, 11) is 0. The fourth-order valence-corrected chi connectivity index (χ4v) is 2.19. The van der Waals surface area contributed by atoms with Gasteiger partial charge >= 0.3 is 0 Å². The molecule has 0 spiro atoms. The first-order chi connectivity index (χ1) is 7.66. The molecule has 88 valence electrons. The van der Waals surface area contributed by atoms with Crippen LogP contribution in [0.1, 0.15) is 38.1 Å². The van der Waals surface area contributed by atoms with Crippen LogP contribution in [-0.4, -0.2) is 21.5 Å². The van der Waals surface area contributed by atoms with Gasteiger partial charge in [-0.3, -0.25) is 4.79 Å². The molecule has 1 aliphatic rings. The average molecular weight is 221 g/mol. The first kappa shape index (κ1) is 11.2. The van der Waals surface area contributed by atoms with Gasteiger partial charge in [-0.1, -0.05) is 0 Å². The van der Waals surface area contributed by atoms with Crippen LogP contribution in [0, 0.1) is 0 Å². The highest BCUT2D eigenvalue weighted by Gasteiger charge is 2.16. The van der Waals surface area contributed by atoms with E-state index < -0.39 is 0 Å². The van der Waals surface area contributed by atoms with Crippen LogP contribution in [0.2, 0.25) is 0 Å². The maximum atomic E-state index is 11.6. The second kappa shape index (κ2) is 4.68. The first-order valence-corrected chi connectivity index (χ1v) is 5.99. The van der Waals surface area contributed by atoms with Gasteiger partial charge in [0, 0.05) is 11.7 Å². The topological polar surface area (TPSA) is 46.9 Å². The zero-order valence-corrected chi connectivity index (χ0v) is 9.99. The lowest BCUT2D eigenvalue weighted by Gasteiger charge is -2.14. The molecule has 0 aromatic carbocycles. The van der Waals surface area contributed by atoms with Gasteiger partial charge in [0.2, 0.25) is 5.91 Å². The molecule has 0 radical (unpaired) electrons. The van der Waals surface area contributed by atoms with E-state index in [1.165, 1.54) is 24.2 Å². The normalized spacial score (nSPS) is 14.9. The molecule has 0 atom stereocenters. The van der Waals surface area contributed by atoms with Gasteiger partial charge in [0.05, 0.1) is 12.0 Å². The van der Waals surface area contributed by atoms with E-state index in [2.05, 4.69) is 10.3 Å². The Morgan fingerprint density at radius 3 is 3.00 bits per heavy atom. The molecular formula is C12H19N3O. The molecule has 1 heterocycles. The molecule has 4 heteroatoms. The van der Waals surface area contributed by atoms with Crippen molar-refractivity contribution in [1.82, 2.24) is 14.9 Å². The van der Waals surface area contributed by atoms with E-state index in [-0.39, 0.29) is 11.9 Å². The lowest BCUT2D eigenvalue weighted by atomic mass is 10.0. The molecule has 0 saturated heterocycles. The number of fused-ring (bicyclic) bond motifs is 1. The molecule has 16 heavy (non-hydrogen) atoms. The number of carbonyl (C=O) groups excluding carboxylic acids is 1. The molecule has 2 rings (SSSR count). The van der Waals surface area contributed by atoms with Gasteiger partial charge in [-0.05, 0) is 39.5 Å². The van der Waals surface area contributed by atoms with Crippen LogP contribution < -0.4 is 5.32 Å². The van der Waals surface area contributed by atoms with Crippen LogP contribution in [0.3, 0.4) is 0 Å². The largest absolute Gasteiger partial charge is 0.352 e. The summed E-state index contributed by atoms with van der Waals surface area (Å²) in [5.74, 6) is 0.0702. The third kappa shape index (κ3) is 2.43. The number of carbonyl (C=O) groups is 1. The van der Waals surface area contributed by atoms with E-state index in [9.17, 15) is 4.79 Å². The van der Waals surface area contributed by atoms with Gasteiger partial charge in [-0.2, -0.15) is 0 Å². The zero-order valence-electron chi connectivity index (χ0n) is 9.99. The lowest BCUT2D eigenvalue weighted by Crippen LogP contribution is -2.33. The molecule has 1 amide bonds. The molecule has 1 aromatic rings. The summed E-state index contributed by atoms with van der Waals surface area (Å²) in [6, 6.07) is 0.201. The third-order valence-electron chi connectivity index (χ3n) is 2.87. The smallest absolute Gasteiger partial charge is 0.240 e. The molecule has 0 aliphatic heterocycles. The second-order valence-corrected chi connectivity index (χ2v) is 4.70. The van der Waals surface area contributed by atoms with Gasteiger partial charge in [-0.25, -0.2) is 4.98 Å². The summed E-state index contributed by atoms with van der Waals surface area (Å²) in [5, 5.41) is 2.90. The van der Waals surface area contributed by atoms with Crippen LogP contribution in [-0.2, 0) is 24.2 Å². The quantitative estimate of drug-likeness (QED) is 0.836. The standard InChI is InChI=1S/C12H19N3O/c1-9(2)14-12(16)7-15-8-13-10-5-3-4-6-11(10)15/h8-9H,3-7H2,1-2H3,(H,14,16). The van der Waals surface area contributed by atoms with Crippen molar-refractivity contribution in [2.45, 2.75) is 52.1 Å². The lowest BCUT2D eigenvalue weighted by molar-refractivity contribution is -0.122. The highest BCUT2D eigenvalue weighted by atomic mass is 16.2. The third-order valence-corrected chi connectivity index (χ3v) is 2.87. The number of aryl methyl sites for hydroxylation is 1. The molecule has 1 N–H and O–H groups in total. The van der Waals surface area contributed by atoms with Crippen molar-refractivity contribution < 1.29 is 4.79 Å². The number of aromatic nitrogens is 2. The van der Waals surface area contributed by atoms with Crippen molar-refractivity contribution in [3.05, 3.63) is 17.7 Å².